The topological polar surface area (TPSA) is 43.4 Å². The highest BCUT2D eigenvalue weighted by Gasteiger charge is 2.24. The van der Waals surface area contributed by atoms with Gasteiger partial charge in [0.25, 0.3) is 0 Å². The van der Waals surface area contributed by atoms with Gasteiger partial charge in [-0.1, -0.05) is 13.8 Å². The van der Waals surface area contributed by atoms with Crippen LogP contribution in [0.3, 0.4) is 0 Å². The zero-order valence-electron chi connectivity index (χ0n) is 9.28. The smallest absolute Gasteiger partial charge is 0.232 e. The van der Waals surface area contributed by atoms with Crippen LogP contribution in [0.15, 0.2) is 0 Å². The van der Waals surface area contributed by atoms with Crippen LogP contribution in [0.1, 0.15) is 33.1 Å². The van der Waals surface area contributed by atoms with E-state index in [-0.39, 0.29) is 17.6 Å². The van der Waals surface area contributed by atoms with E-state index in [9.17, 15) is 8.42 Å². The Morgan fingerprint density at radius 1 is 1.40 bits per heavy atom. The summed E-state index contributed by atoms with van der Waals surface area (Å²) in [4.78, 5) is 0. The second-order valence-electron chi connectivity index (χ2n) is 4.60. The van der Waals surface area contributed by atoms with E-state index in [1.165, 1.54) is 6.42 Å². The van der Waals surface area contributed by atoms with Gasteiger partial charge in [0.15, 0.2) is 0 Å². The predicted molar refractivity (Wildman–Crippen MR) is 61.6 cm³/mol. The zero-order chi connectivity index (χ0) is 11.5. The van der Waals surface area contributed by atoms with Crippen LogP contribution in [-0.4, -0.2) is 26.9 Å². The van der Waals surface area contributed by atoms with Gasteiger partial charge in [0, 0.05) is 10.7 Å². The van der Waals surface area contributed by atoms with Gasteiger partial charge in [0.2, 0.25) is 9.05 Å². The summed E-state index contributed by atoms with van der Waals surface area (Å²) in [5.41, 5.74) is 0. The lowest BCUT2D eigenvalue weighted by atomic mass is 9.95. The largest absolute Gasteiger partial charge is 0.378 e. The Balaban J connectivity index is 2.36. The highest BCUT2D eigenvalue weighted by atomic mass is 35.7. The molecule has 3 nitrogen and oxygen atoms in total. The van der Waals surface area contributed by atoms with E-state index in [0.717, 1.165) is 12.8 Å². The Morgan fingerprint density at radius 2 is 2.00 bits per heavy atom. The van der Waals surface area contributed by atoms with E-state index in [1.54, 1.807) is 0 Å². The third kappa shape index (κ3) is 5.18. The van der Waals surface area contributed by atoms with Crippen molar-refractivity contribution < 1.29 is 13.2 Å². The molecular formula is C10H19ClO3S. The summed E-state index contributed by atoms with van der Waals surface area (Å²) in [5, 5.41) is 0. The van der Waals surface area contributed by atoms with Crippen LogP contribution >= 0.6 is 10.7 Å². The normalized spacial score (nSPS) is 20.3. The lowest BCUT2D eigenvalue weighted by Crippen LogP contribution is -2.29. The molecule has 1 saturated carbocycles. The van der Waals surface area contributed by atoms with Gasteiger partial charge in [-0.15, -0.1) is 0 Å². The maximum Gasteiger partial charge on any atom is 0.232 e. The van der Waals surface area contributed by atoms with E-state index in [4.69, 9.17) is 15.4 Å². The fraction of sp³-hybridized carbons (Fsp3) is 1.00. The molecule has 0 radical (unpaired) electrons. The summed E-state index contributed by atoms with van der Waals surface area (Å²) in [6.07, 6.45) is 3.80. The Hall–Kier alpha value is 0.200. The van der Waals surface area contributed by atoms with Crippen LogP contribution in [0.25, 0.3) is 0 Å². The molecule has 1 unspecified atom stereocenters. The summed E-state index contributed by atoms with van der Waals surface area (Å²) in [6.45, 7) is 4.50. The Bertz CT molecular complexity index is 283. The number of hydrogen-bond acceptors (Lipinski definition) is 3. The van der Waals surface area contributed by atoms with Gasteiger partial charge in [-0.05, 0) is 31.1 Å². The van der Waals surface area contributed by atoms with Gasteiger partial charge < -0.3 is 4.74 Å². The lowest BCUT2D eigenvalue weighted by molar-refractivity contribution is -0.0190. The predicted octanol–water partition coefficient (Wildman–Crippen LogP) is 2.40. The van der Waals surface area contributed by atoms with Crippen molar-refractivity contribution in [2.75, 3.05) is 12.4 Å². The molecule has 0 spiro atoms. The Labute approximate surface area is 96.6 Å². The summed E-state index contributed by atoms with van der Waals surface area (Å²) in [5.74, 6) is 0.297. The maximum atomic E-state index is 11.0. The van der Waals surface area contributed by atoms with Crippen molar-refractivity contribution in [1.29, 1.82) is 0 Å². The molecule has 0 aromatic carbocycles. The van der Waals surface area contributed by atoms with Crippen molar-refractivity contribution in [2.45, 2.75) is 39.2 Å². The van der Waals surface area contributed by atoms with Crippen LogP contribution in [0.4, 0.5) is 0 Å². The fourth-order valence-electron chi connectivity index (χ4n) is 1.49. The summed E-state index contributed by atoms with van der Waals surface area (Å²) in [7, 11) is 1.84. The molecule has 0 N–H and O–H groups in total. The highest BCUT2D eigenvalue weighted by molar-refractivity contribution is 8.13. The van der Waals surface area contributed by atoms with E-state index < -0.39 is 9.05 Å². The highest BCUT2D eigenvalue weighted by Crippen LogP contribution is 2.24. The second kappa shape index (κ2) is 5.51. The van der Waals surface area contributed by atoms with Crippen LogP contribution in [0.2, 0.25) is 0 Å². The van der Waals surface area contributed by atoms with Gasteiger partial charge in [-0.2, -0.15) is 0 Å². The molecular weight excluding hydrogens is 236 g/mol. The first-order valence-electron chi connectivity index (χ1n) is 5.42. The first-order valence-corrected chi connectivity index (χ1v) is 7.90. The molecule has 0 amide bonds. The summed E-state index contributed by atoms with van der Waals surface area (Å²) < 4.78 is 27.6. The van der Waals surface area contributed by atoms with Gasteiger partial charge in [0.1, 0.15) is 0 Å². The molecule has 0 bridgehead atoms. The molecule has 0 aliphatic heterocycles. The van der Waals surface area contributed by atoms with Gasteiger partial charge in [-0.3, -0.25) is 0 Å². The average Bonchev–Trinajstić information content (AvgIpc) is 1.96. The molecule has 0 saturated heterocycles. The minimum atomic E-state index is -3.41. The van der Waals surface area contributed by atoms with Crippen molar-refractivity contribution in [3.8, 4) is 0 Å². The van der Waals surface area contributed by atoms with E-state index in [1.807, 2.05) is 13.8 Å². The number of ether oxygens (including phenoxy) is 1. The van der Waals surface area contributed by atoms with Gasteiger partial charge in [0.05, 0.1) is 18.5 Å². The van der Waals surface area contributed by atoms with Crippen molar-refractivity contribution in [3.63, 3.8) is 0 Å². The molecule has 1 atom stereocenters. The Kier molecular flexibility index (Phi) is 4.87. The molecule has 1 rings (SSSR count). The molecule has 5 heteroatoms. The second-order valence-corrected chi connectivity index (χ2v) is 7.42. The van der Waals surface area contributed by atoms with Crippen LogP contribution in [0, 0.1) is 11.8 Å². The molecule has 1 aliphatic carbocycles. The molecule has 0 aromatic heterocycles. The average molecular weight is 255 g/mol. The minimum Gasteiger partial charge on any atom is -0.378 e. The van der Waals surface area contributed by atoms with E-state index in [2.05, 4.69) is 0 Å². The number of hydrogen-bond donors (Lipinski definition) is 0. The fourth-order valence-corrected chi connectivity index (χ4v) is 2.96. The first-order chi connectivity index (χ1) is 6.88. The van der Waals surface area contributed by atoms with Gasteiger partial charge in [-0.25, -0.2) is 8.42 Å². The summed E-state index contributed by atoms with van der Waals surface area (Å²) >= 11 is 0. The third-order valence-corrected chi connectivity index (χ3v) is 4.16. The molecule has 1 fully saturated rings. The number of rotatable bonds is 6. The SMILES string of the molecule is CC(C)C(COC1CCC1)CS(=O)(=O)Cl. The monoisotopic (exact) mass is 254 g/mol. The van der Waals surface area contributed by atoms with Crippen molar-refractivity contribution in [3.05, 3.63) is 0 Å². The van der Waals surface area contributed by atoms with Crippen LogP contribution in [0.5, 0.6) is 0 Å². The molecule has 15 heavy (non-hydrogen) atoms. The molecule has 0 aromatic rings. The Morgan fingerprint density at radius 3 is 2.33 bits per heavy atom. The molecule has 0 heterocycles. The third-order valence-electron chi connectivity index (χ3n) is 2.95. The van der Waals surface area contributed by atoms with E-state index >= 15 is 0 Å². The first kappa shape index (κ1) is 13.3. The van der Waals surface area contributed by atoms with Crippen molar-refractivity contribution in [1.82, 2.24) is 0 Å². The number of halogens is 1. The lowest BCUT2D eigenvalue weighted by Gasteiger charge is -2.28. The van der Waals surface area contributed by atoms with Crippen LogP contribution in [-0.2, 0) is 13.8 Å². The standard InChI is InChI=1S/C10H19ClO3S/c1-8(2)9(7-15(11,12)13)6-14-10-4-3-5-10/h8-10H,3-7H2,1-2H3. The minimum absolute atomic E-state index is 0.00750. The molecule has 1 aliphatic rings. The van der Waals surface area contributed by atoms with Gasteiger partial charge >= 0.3 is 0 Å². The maximum absolute atomic E-state index is 11.0. The van der Waals surface area contributed by atoms with Crippen molar-refractivity contribution >= 4 is 19.7 Å². The summed E-state index contributed by atoms with van der Waals surface area (Å²) in [6, 6.07) is 0. The molecule has 90 valence electrons. The van der Waals surface area contributed by atoms with Crippen LogP contribution < -0.4 is 0 Å². The zero-order valence-corrected chi connectivity index (χ0v) is 10.9. The quantitative estimate of drug-likeness (QED) is 0.684. The van der Waals surface area contributed by atoms with E-state index in [0.29, 0.717) is 12.7 Å². The van der Waals surface area contributed by atoms with Crippen molar-refractivity contribution in [2.24, 2.45) is 11.8 Å².